The summed E-state index contributed by atoms with van der Waals surface area (Å²) in [5.41, 5.74) is 0. The SMILES string of the molecule is CC(C)CCCCCN(C)CCCCCNC(C)C.[HH]. The molecule has 0 aliphatic carbocycles. The zero-order valence-electron chi connectivity index (χ0n) is 14.2. The smallest absolute Gasteiger partial charge is 0.00103 e. The Morgan fingerprint density at radius 1 is 0.842 bits per heavy atom. The minimum atomic E-state index is 0. The van der Waals surface area contributed by atoms with Crippen LogP contribution < -0.4 is 5.32 Å². The molecule has 2 nitrogen and oxygen atoms in total. The second-order valence-corrected chi connectivity index (χ2v) is 6.72. The molecule has 0 aliphatic heterocycles. The van der Waals surface area contributed by atoms with E-state index in [0.717, 1.165) is 5.92 Å². The third-order valence-electron chi connectivity index (χ3n) is 3.59. The van der Waals surface area contributed by atoms with E-state index < -0.39 is 0 Å². The van der Waals surface area contributed by atoms with E-state index in [1.165, 1.54) is 64.6 Å². The highest BCUT2D eigenvalue weighted by molar-refractivity contribution is 4.56. The first-order valence-electron chi connectivity index (χ1n) is 8.44. The molecule has 0 fully saturated rings. The van der Waals surface area contributed by atoms with Crippen LogP contribution in [0.25, 0.3) is 0 Å². The third-order valence-corrected chi connectivity index (χ3v) is 3.59. The Kier molecular flexibility index (Phi) is 12.9. The summed E-state index contributed by atoms with van der Waals surface area (Å²) < 4.78 is 0. The quantitative estimate of drug-likeness (QED) is 0.495. The predicted molar refractivity (Wildman–Crippen MR) is 89.9 cm³/mol. The Morgan fingerprint density at radius 2 is 1.42 bits per heavy atom. The van der Waals surface area contributed by atoms with E-state index in [2.05, 4.69) is 45.0 Å². The number of nitrogens with zero attached hydrogens (tertiary/aromatic N) is 1. The van der Waals surface area contributed by atoms with E-state index >= 15 is 0 Å². The van der Waals surface area contributed by atoms with Crippen molar-refractivity contribution in [3.63, 3.8) is 0 Å². The fourth-order valence-electron chi connectivity index (χ4n) is 2.30. The lowest BCUT2D eigenvalue weighted by atomic mass is 10.1. The predicted octanol–water partition coefficient (Wildman–Crippen LogP) is 4.55. The van der Waals surface area contributed by atoms with Gasteiger partial charge in [0, 0.05) is 7.47 Å². The minimum absolute atomic E-state index is 0. The molecule has 19 heavy (non-hydrogen) atoms. The molecule has 2 heteroatoms. The third kappa shape index (κ3) is 15.9. The summed E-state index contributed by atoms with van der Waals surface area (Å²) in [6.45, 7) is 12.8. The second kappa shape index (κ2) is 12.9. The molecule has 0 aliphatic rings. The molecule has 0 amide bonds. The zero-order chi connectivity index (χ0) is 14.5. The van der Waals surface area contributed by atoms with Crippen LogP contribution in [-0.2, 0) is 0 Å². The average molecular weight is 273 g/mol. The van der Waals surface area contributed by atoms with E-state index in [1.807, 2.05) is 0 Å². The van der Waals surface area contributed by atoms with Crippen LogP contribution in [0.3, 0.4) is 0 Å². The lowest BCUT2D eigenvalue weighted by Crippen LogP contribution is -2.24. The molecule has 0 saturated heterocycles. The Balaban J connectivity index is 0. The van der Waals surface area contributed by atoms with Gasteiger partial charge in [0.2, 0.25) is 0 Å². The minimum Gasteiger partial charge on any atom is -0.315 e. The van der Waals surface area contributed by atoms with Gasteiger partial charge in [0.05, 0.1) is 0 Å². The maximum atomic E-state index is 3.48. The largest absolute Gasteiger partial charge is 0.315 e. The van der Waals surface area contributed by atoms with Crippen LogP contribution >= 0.6 is 0 Å². The van der Waals surface area contributed by atoms with E-state index in [4.69, 9.17) is 0 Å². The van der Waals surface area contributed by atoms with Crippen molar-refractivity contribution in [2.24, 2.45) is 5.92 Å². The Hall–Kier alpha value is -0.0800. The van der Waals surface area contributed by atoms with Gasteiger partial charge in [-0.2, -0.15) is 0 Å². The first kappa shape index (κ1) is 18.9. The van der Waals surface area contributed by atoms with Gasteiger partial charge >= 0.3 is 0 Å². The average Bonchev–Trinajstić information content (AvgIpc) is 2.32. The molecule has 0 aromatic carbocycles. The summed E-state index contributed by atoms with van der Waals surface area (Å²) in [4.78, 5) is 2.51. The van der Waals surface area contributed by atoms with E-state index in [-0.39, 0.29) is 1.43 Å². The van der Waals surface area contributed by atoms with Gasteiger partial charge < -0.3 is 10.2 Å². The molecule has 0 heterocycles. The van der Waals surface area contributed by atoms with Gasteiger partial charge in [-0.25, -0.2) is 0 Å². The van der Waals surface area contributed by atoms with Crippen LogP contribution in [0.15, 0.2) is 0 Å². The topological polar surface area (TPSA) is 15.3 Å². The highest BCUT2D eigenvalue weighted by atomic mass is 15.1. The lowest BCUT2D eigenvalue weighted by Gasteiger charge is -2.16. The van der Waals surface area contributed by atoms with Crippen LogP contribution in [0.4, 0.5) is 0 Å². The van der Waals surface area contributed by atoms with Gasteiger partial charge in [-0.3, -0.25) is 0 Å². The van der Waals surface area contributed by atoms with Gasteiger partial charge in [0.15, 0.2) is 0 Å². The van der Waals surface area contributed by atoms with E-state index in [1.54, 1.807) is 0 Å². The van der Waals surface area contributed by atoms with Gasteiger partial charge in [-0.15, -0.1) is 0 Å². The van der Waals surface area contributed by atoms with Crippen molar-refractivity contribution >= 4 is 0 Å². The number of rotatable bonds is 13. The number of unbranched alkanes of at least 4 members (excludes halogenated alkanes) is 4. The zero-order valence-corrected chi connectivity index (χ0v) is 14.2. The molecule has 1 N–H and O–H groups in total. The lowest BCUT2D eigenvalue weighted by molar-refractivity contribution is 0.313. The molecule has 0 bridgehead atoms. The van der Waals surface area contributed by atoms with Crippen LogP contribution in [-0.4, -0.2) is 37.6 Å². The molecule has 0 aromatic rings. The van der Waals surface area contributed by atoms with Gasteiger partial charge in [0.1, 0.15) is 0 Å². The molecule has 0 unspecified atom stereocenters. The second-order valence-electron chi connectivity index (χ2n) is 6.72. The van der Waals surface area contributed by atoms with E-state index in [0.29, 0.717) is 6.04 Å². The van der Waals surface area contributed by atoms with Crippen molar-refractivity contribution in [2.75, 3.05) is 26.7 Å². The summed E-state index contributed by atoms with van der Waals surface area (Å²) >= 11 is 0. The summed E-state index contributed by atoms with van der Waals surface area (Å²) in [6, 6.07) is 0.633. The van der Waals surface area contributed by atoms with Crippen LogP contribution in [0.1, 0.15) is 74.1 Å². The Bertz CT molecular complexity index is 184. The van der Waals surface area contributed by atoms with Crippen molar-refractivity contribution < 1.29 is 1.43 Å². The Morgan fingerprint density at radius 3 is 1.95 bits per heavy atom. The first-order chi connectivity index (χ1) is 9.02. The summed E-state index contributed by atoms with van der Waals surface area (Å²) in [6.07, 6.45) is 9.61. The first-order valence-corrected chi connectivity index (χ1v) is 8.44. The molecule has 0 aromatic heterocycles. The summed E-state index contributed by atoms with van der Waals surface area (Å²) in [5.74, 6) is 0.872. The van der Waals surface area contributed by atoms with Crippen LogP contribution in [0.2, 0.25) is 0 Å². The molecule has 0 atom stereocenters. The van der Waals surface area contributed by atoms with Gasteiger partial charge in [0.25, 0.3) is 0 Å². The van der Waals surface area contributed by atoms with Crippen LogP contribution in [0.5, 0.6) is 0 Å². The highest BCUT2D eigenvalue weighted by Crippen LogP contribution is 2.08. The molecule has 0 radical (unpaired) electrons. The van der Waals surface area contributed by atoms with Gasteiger partial charge in [-0.1, -0.05) is 53.4 Å². The Labute approximate surface area is 123 Å². The molecule has 0 saturated carbocycles. The maximum absolute atomic E-state index is 3.48. The van der Waals surface area contributed by atoms with Crippen molar-refractivity contribution in [1.29, 1.82) is 0 Å². The molecule has 0 spiro atoms. The number of nitrogens with one attached hydrogen (secondary N) is 1. The molecular formula is C17H40N2. The fraction of sp³-hybridized carbons (Fsp3) is 1.00. The van der Waals surface area contributed by atoms with Crippen molar-refractivity contribution in [1.82, 2.24) is 10.2 Å². The number of hydrogen-bond acceptors (Lipinski definition) is 2. The highest BCUT2D eigenvalue weighted by Gasteiger charge is 1.99. The molecular weight excluding hydrogens is 232 g/mol. The molecule has 118 valence electrons. The monoisotopic (exact) mass is 272 g/mol. The van der Waals surface area contributed by atoms with Crippen molar-refractivity contribution in [3.05, 3.63) is 0 Å². The van der Waals surface area contributed by atoms with Crippen molar-refractivity contribution in [2.45, 2.75) is 78.7 Å². The molecule has 0 rings (SSSR count). The summed E-state index contributed by atoms with van der Waals surface area (Å²) in [7, 11) is 2.27. The number of hydrogen-bond donors (Lipinski definition) is 1. The van der Waals surface area contributed by atoms with Crippen LogP contribution in [0, 0.1) is 5.92 Å². The maximum Gasteiger partial charge on any atom is 0.00103 e. The van der Waals surface area contributed by atoms with Gasteiger partial charge in [-0.05, 0) is 51.9 Å². The van der Waals surface area contributed by atoms with Crippen molar-refractivity contribution in [3.8, 4) is 0 Å². The summed E-state index contributed by atoms with van der Waals surface area (Å²) in [5, 5.41) is 3.48. The normalized spacial score (nSPS) is 12.0. The standard InChI is InChI=1S/C17H38N2.H2/c1-16(2)12-8-6-10-14-19(5)15-11-7-9-13-18-17(3)4;/h16-18H,6-15H2,1-5H3;1H. The van der Waals surface area contributed by atoms with E-state index in [9.17, 15) is 0 Å². The fourth-order valence-corrected chi connectivity index (χ4v) is 2.30.